The first-order chi connectivity index (χ1) is 4.20. The topological polar surface area (TPSA) is 0 Å². The molecule has 56 valence electrons. The fourth-order valence-electron chi connectivity index (χ4n) is 0.611. The lowest BCUT2D eigenvalue weighted by Gasteiger charge is -2.09. The van der Waals surface area contributed by atoms with Gasteiger partial charge >= 0.3 is 0 Å². The molecule has 0 bridgehead atoms. The van der Waals surface area contributed by atoms with Gasteiger partial charge in [-0.05, 0) is 19.3 Å². The molecule has 0 nitrogen and oxygen atoms in total. The quantitative estimate of drug-likeness (QED) is 0.565. The minimum absolute atomic E-state index is 0.271. The van der Waals surface area contributed by atoms with E-state index in [0.29, 0.717) is 0 Å². The maximum atomic E-state index is 5.85. The van der Waals surface area contributed by atoms with Gasteiger partial charge < -0.3 is 0 Å². The highest BCUT2D eigenvalue weighted by molar-refractivity contribution is 6.23. The molecule has 0 fully saturated rings. The fourth-order valence-corrected chi connectivity index (χ4v) is 1.13. The van der Waals surface area contributed by atoms with Gasteiger partial charge in [-0.2, -0.15) is 0 Å². The van der Waals surface area contributed by atoms with Crippen molar-refractivity contribution in [2.24, 2.45) is 0 Å². The van der Waals surface area contributed by atoms with E-state index in [2.05, 4.69) is 13.8 Å². The molecule has 2 heteroatoms. The summed E-state index contributed by atoms with van der Waals surface area (Å²) >= 11 is 11.7. The summed E-state index contributed by atoms with van der Waals surface area (Å²) in [5, 5.41) is 0.542. The van der Waals surface area contributed by atoms with E-state index in [-0.39, 0.29) is 10.8 Å². The van der Waals surface area contributed by atoms with Crippen molar-refractivity contribution in [3.63, 3.8) is 0 Å². The van der Waals surface area contributed by atoms with Crippen LogP contribution in [-0.2, 0) is 0 Å². The van der Waals surface area contributed by atoms with Crippen LogP contribution in [0.4, 0.5) is 0 Å². The monoisotopic (exact) mass is 168 g/mol. The summed E-state index contributed by atoms with van der Waals surface area (Å²) in [6.07, 6.45) is 2.98. The first kappa shape index (κ1) is 9.58. The van der Waals surface area contributed by atoms with E-state index in [1.165, 1.54) is 0 Å². The van der Waals surface area contributed by atoms with Crippen LogP contribution in [-0.4, -0.2) is 10.8 Å². The molecule has 0 spiro atoms. The molecule has 0 N–H and O–H groups in total. The maximum Gasteiger partial charge on any atom is 0.0347 e. The Hall–Kier alpha value is 0.580. The van der Waals surface area contributed by atoms with Gasteiger partial charge in [-0.15, -0.1) is 23.2 Å². The Morgan fingerprint density at radius 2 is 1.33 bits per heavy atom. The van der Waals surface area contributed by atoms with Crippen molar-refractivity contribution in [2.45, 2.75) is 43.9 Å². The molecule has 0 aromatic heterocycles. The second-order valence-electron chi connectivity index (χ2n) is 2.25. The molecule has 0 aromatic carbocycles. The highest BCUT2D eigenvalue weighted by atomic mass is 35.5. The molecule has 0 aliphatic rings. The summed E-state index contributed by atoms with van der Waals surface area (Å²) in [5.41, 5.74) is 0. The summed E-state index contributed by atoms with van der Waals surface area (Å²) in [4.78, 5) is 0. The van der Waals surface area contributed by atoms with Crippen molar-refractivity contribution in [1.82, 2.24) is 0 Å². The van der Waals surface area contributed by atoms with Gasteiger partial charge in [0.1, 0.15) is 0 Å². The van der Waals surface area contributed by atoms with Crippen molar-refractivity contribution < 1.29 is 0 Å². The lowest BCUT2D eigenvalue weighted by molar-refractivity contribution is 0.671. The standard InChI is InChI=1S/C7H14Cl2/c1-3-6(8)5-7(9)4-2/h6-7H,3-5H2,1-2H3. The molecule has 0 saturated carbocycles. The van der Waals surface area contributed by atoms with Crippen LogP contribution in [0, 0.1) is 0 Å². The predicted octanol–water partition coefficient (Wildman–Crippen LogP) is 3.41. The minimum atomic E-state index is 0.271. The second-order valence-corrected chi connectivity index (χ2v) is 3.48. The molecule has 0 aliphatic carbocycles. The van der Waals surface area contributed by atoms with Crippen LogP contribution in [0.3, 0.4) is 0 Å². The number of rotatable bonds is 4. The first-order valence-corrected chi connectivity index (χ1v) is 4.36. The molecular formula is C7H14Cl2. The van der Waals surface area contributed by atoms with E-state index < -0.39 is 0 Å². The Bertz CT molecular complexity index is 55.9. The predicted molar refractivity (Wildman–Crippen MR) is 44.5 cm³/mol. The number of hydrogen-bond donors (Lipinski definition) is 0. The van der Waals surface area contributed by atoms with E-state index in [4.69, 9.17) is 23.2 Å². The van der Waals surface area contributed by atoms with Crippen molar-refractivity contribution in [3.05, 3.63) is 0 Å². The Kier molecular flexibility index (Phi) is 5.72. The van der Waals surface area contributed by atoms with Gasteiger partial charge in [-0.25, -0.2) is 0 Å². The molecule has 0 rings (SSSR count). The molecule has 2 atom stereocenters. The number of halogens is 2. The average molecular weight is 169 g/mol. The van der Waals surface area contributed by atoms with Gasteiger partial charge in [0.05, 0.1) is 0 Å². The van der Waals surface area contributed by atoms with Gasteiger partial charge in [0, 0.05) is 10.8 Å². The zero-order chi connectivity index (χ0) is 7.28. The van der Waals surface area contributed by atoms with Crippen molar-refractivity contribution in [2.75, 3.05) is 0 Å². The van der Waals surface area contributed by atoms with Crippen LogP contribution in [0.25, 0.3) is 0 Å². The summed E-state index contributed by atoms with van der Waals surface area (Å²) < 4.78 is 0. The van der Waals surface area contributed by atoms with Gasteiger partial charge in [-0.3, -0.25) is 0 Å². The lowest BCUT2D eigenvalue weighted by Crippen LogP contribution is -2.05. The number of alkyl halides is 2. The van der Waals surface area contributed by atoms with Crippen LogP contribution in [0.5, 0.6) is 0 Å². The highest BCUT2D eigenvalue weighted by Gasteiger charge is 2.07. The number of hydrogen-bond acceptors (Lipinski definition) is 0. The van der Waals surface area contributed by atoms with Crippen LogP contribution >= 0.6 is 23.2 Å². The molecular weight excluding hydrogens is 155 g/mol. The maximum absolute atomic E-state index is 5.85. The Morgan fingerprint density at radius 3 is 1.56 bits per heavy atom. The van der Waals surface area contributed by atoms with E-state index in [0.717, 1.165) is 19.3 Å². The van der Waals surface area contributed by atoms with Crippen LogP contribution in [0.2, 0.25) is 0 Å². The SMILES string of the molecule is CCC(Cl)CC(Cl)CC. The zero-order valence-electron chi connectivity index (χ0n) is 6.03. The Labute approximate surface area is 67.5 Å². The third kappa shape index (κ3) is 5.05. The highest BCUT2D eigenvalue weighted by Crippen LogP contribution is 2.15. The fraction of sp³-hybridized carbons (Fsp3) is 1.00. The van der Waals surface area contributed by atoms with E-state index in [9.17, 15) is 0 Å². The zero-order valence-corrected chi connectivity index (χ0v) is 7.54. The third-order valence-corrected chi connectivity index (χ3v) is 2.37. The van der Waals surface area contributed by atoms with Gasteiger partial charge in [0.2, 0.25) is 0 Å². The van der Waals surface area contributed by atoms with Gasteiger partial charge in [0.25, 0.3) is 0 Å². The normalized spacial score (nSPS) is 17.3. The smallest absolute Gasteiger partial charge is 0.0347 e. The molecule has 0 amide bonds. The molecule has 0 aromatic rings. The molecule has 2 unspecified atom stereocenters. The molecule has 0 aliphatic heterocycles. The van der Waals surface area contributed by atoms with Crippen LogP contribution in [0.1, 0.15) is 33.1 Å². The molecule has 9 heavy (non-hydrogen) atoms. The van der Waals surface area contributed by atoms with Crippen LogP contribution in [0.15, 0.2) is 0 Å². The second kappa shape index (κ2) is 5.37. The summed E-state index contributed by atoms with van der Waals surface area (Å²) in [5.74, 6) is 0. The van der Waals surface area contributed by atoms with Gasteiger partial charge in [-0.1, -0.05) is 13.8 Å². The van der Waals surface area contributed by atoms with Crippen molar-refractivity contribution in [3.8, 4) is 0 Å². The van der Waals surface area contributed by atoms with Crippen molar-refractivity contribution >= 4 is 23.2 Å². The lowest BCUT2D eigenvalue weighted by atomic mass is 10.1. The summed E-state index contributed by atoms with van der Waals surface area (Å²) in [7, 11) is 0. The molecule has 0 saturated heterocycles. The molecule has 0 heterocycles. The Morgan fingerprint density at radius 1 is 1.00 bits per heavy atom. The van der Waals surface area contributed by atoms with Crippen LogP contribution < -0.4 is 0 Å². The van der Waals surface area contributed by atoms with E-state index in [1.54, 1.807) is 0 Å². The summed E-state index contributed by atoms with van der Waals surface area (Å²) in [6.45, 7) is 4.16. The minimum Gasteiger partial charge on any atom is -0.123 e. The first-order valence-electron chi connectivity index (χ1n) is 3.48. The third-order valence-electron chi connectivity index (χ3n) is 1.40. The average Bonchev–Trinajstić information content (AvgIpc) is 1.87. The summed E-state index contributed by atoms with van der Waals surface area (Å²) in [6, 6.07) is 0. The van der Waals surface area contributed by atoms with Gasteiger partial charge in [0.15, 0.2) is 0 Å². The van der Waals surface area contributed by atoms with E-state index >= 15 is 0 Å². The Balaban J connectivity index is 3.22. The molecule has 0 radical (unpaired) electrons. The van der Waals surface area contributed by atoms with Crippen molar-refractivity contribution in [1.29, 1.82) is 0 Å². The van der Waals surface area contributed by atoms with E-state index in [1.807, 2.05) is 0 Å². The largest absolute Gasteiger partial charge is 0.123 e.